The molecule has 9 aromatic carbocycles. The van der Waals surface area contributed by atoms with Crippen LogP contribution in [0.25, 0.3) is 106 Å². The third-order valence-electron chi connectivity index (χ3n) is 10.5. The van der Waals surface area contributed by atoms with Gasteiger partial charge in [0.2, 0.25) is 0 Å². The van der Waals surface area contributed by atoms with Crippen molar-refractivity contribution in [2.24, 2.45) is 0 Å². The van der Waals surface area contributed by atoms with Crippen LogP contribution in [0.15, 0.2) is 170 Å². The fraction of sp³-hybridized carbons (Fsp3) is 0. The molecule has 2 heteroatoms. The SMILES string of the molecule is c1ccc(-c2ccc(-c3c4ccccc4c(-c4ccc5sc6c(ccc7ccc8c9ccccc9sc8c76)c5c4)c4ccccc34)cc2)cc1. The molecule has 0 radical (unpaired) electrons. The number of rotatable bonds is 3. The van der Waals surface area contributed by atoms with Crippen molar-refractivity contribution in [3.05, 3.63) is 170 Å². The second-order valence-corrected chi connectivity index (χ2v) is 15.3. The fourth-order valence-corrected chi connectivity index (χ4v) is 10.8. The van der Waals surface area contributed by atoms with Gasteiger partial charge in [0, 0.05) is 45.7 Å². The summed E-state index contributed by atoms with van der Waals surface area (Å²) in [5, 5.41) is 13.2. The van der Waals surface area contributed by atoms with E-state index < -0.39 is 0 Å². The summed E-state index contributed by atoms with van der Waals surface area (Å²) >= 11 is 3.86. The van der Waals surface area contributed by atoms with Gasteiger partial charge in [-0.05, 0) is 78.5 Å². The Hall–Kier alpha value is -5.80. The molecule has 0 saturated heterocycles. The Balaban J connectivity index is 1.15. The molecule has 0 aliphatic rings. The molecule has 0 spiro atoms. The molecule has 2 aromatic heterocycles. The number of benzene rings is 9. The second-order valence-electron chi connectivity index (χ2n) is 13.2. The molecule has 50 heavy (non-hydrogen) atoms. The van der Waals surface area contributed by atoms with Crippen LogP contribution < -0.4 is 0 Å². The predicted molar refractivity (Wildman–Crippen MR) is 221 cm³/mol. The van der Waals surface area contributed by atoms with Gasteiger partial charge < -0.3 is 0 Å². The summed E-state index contributed by atoms with van der Waals surface area (Å²) in [5.74, 6) is 0. The molecule has 0 bridgehead atoms. The highest BCUT2D eigenvalue weighted by atomic mass is 32.1. The van der Waals surface area contributed by atoms with Crippen LogP contribution >= 0.6 is 22.7 Å². The highest BCUT2D eigenvalue weighted by Gasteiger charge is 2.19. The highest BCUT2D eigenvalue weighted by Crippen LogP contribution is 2.48. The first-order valence-electron chi connectivity index (χ1n) is 17.1. The summed E-state index contributed by atoms with van der Waals surface area (Å²) < 4.78 is 5.46. The van der Waals surface area contributed by atoms with Crippen LogP contribution in [0.3, 0.4) is 0 Å². The lowest BCUT2D eigenvalue weighted by molar-refractivity contribution is 1.61. The molecule has 0 N–H and O–H groups in total. The van der Waals surface area contributed by atoms with E-state index >= 15 is 0 Å². The van der Waals surface area contributed by atoms with Gasteiger partial charge in [-0.1, -0.05) is 152 Å². The van der Waals surface area contributed by atoms with E-state index in [-0.39, 0.29) is 0 Å². The minimum Gasteiger partial charge on any atom is -0.134 e. The molecular weight excluding hydrogens is 641 g/mol. The van der Waals surface area contributed by atoms with E-state index in [0.29, 0.717) is 0 Å². The van der Waals surface area contributed by atoms with Crippen molar-refractivity contribution in [1.82, 2.24) is 0 Å². The molecule has 0 nitrogen and oxygen atoms in total. The molecular formula is C48H28S2. The van der Waals surface area contributed by atoms with Gasteiger partial charge >= 0.3 is 0 Å². The minimum atomic E-state index is 1.23. The Bertz CT molecular complexity index is 3070. The van der Waals surface area contributed by atoms with Crippen LogP contribution in [-0.2, 0) is 0 Å². The lowest BCUT2D eigenvalue weighted by Gasteiger charge is -2.18. The van der Waals surface area contributed by atoms with Crippen molar-refractivity contribution in [1.29, 1.82) is 0 Å². The van der Waals surface area contributed by atoms with E-state index in [4.69, 9.17) is 0 Å². The summed E-state index contributed by atoms with van der Waals surface area (Å²) in [4.78, 5) is 0. The Kier molecular flexibility index (Phi) is 6.09. The Morgan fingerprint density at radius 3 is 1.38 bits per heavy atom. The first kappa shape index (κ1) is 28.1. The molecule has 0 amide bonds. The van der Waals surface area contributed by atoms with E-state index in [1.165, 1.54) is 106 Å². The summed E-state index contributed by atoms with van der Waals surface area (Å²) in [6, 6.07) is 62.9. The van der Waals surface area contributed by atoms with Gasteiger partial charge in [0.1, 0.15) is 0 Å². The van der Waals surface area contributed by atoms with Crippen molar-refractivity contribution in [3.63, 3.8) is 0 Å². The number of hydrogen-bond acceptors (Lipinski definition) is 2. The zero-order chi connectivity index (χ0) is 32.8. The third kappa shape index (κ3) is 4.10. The zero-order valence-corrected chi connectivity index (χ0v) is 28.6. The minimum absolute atomic E-state index is 1.23. The van der Waals surface area contributed by atoms with Crippen molar-refractivity contribution in [3.8, 4) is 33.4 Å². The molecule has 0 unspecified atom stereocenters. The monoisotopic (exact) mass is 668 g/mol. The maximum atomic E-state index is 2.45. The number of thiophene rings is 2. The average Bonchev–Trinajstić information content (AvgIpc) is 3.75. The van der Waals surface area contributed by atoms with Gasteiger partial charge in [-0.2, -0.15) is 0 Å². The van der Waals surface area contributed by atoms with Gasteiger partial charge in [-0.3, -0.25) is 0 Å². The standard InChI is InChI=1S/C48H28S2/c1-2-10-29(11-3-1)30-18-20-31(21-19-30)44-35-13-4-6-15-37(35)45(38-16-7-5-14-36(38)44)33-24-27-43-41(28-33)40-26-23-32-22-25-39-34-12-8-9-17-42(34)49-47(39)46(32)48(40)50-43/h1-28H. The van der Waals surface area contributed by atoms with Crippen LogP contribution in [0, 0.1) is 0 Å². The van der Waals surface area contributed by atoms with Crippen molar-refractivity contribution in [2.45, 2.75) is 0 Å². The van der Waals surface area contributed by atoms with Crippen LogP contribution in [-0.4, -0.2) is 0 Å². The number of fused-ring (bicyclic) bond motifs is 11. The summed E-state index contributed by atoms with van der Waals surface area (Å²) in [6.45, 7) is 0. The zero-order valence-electron chi connectivity index (χ0n) is 27.0. The first-order chi connectivity index (χ1) is 24.8. The van der Waals surface area contributed by atoms with E-state index in [2.05, 4.69) is 170 Å². The van der Waals surface area contributed by atoms with Crippen LogP contribution in [0.5, 0.6) is 0 Å². The topological polar surface area (TPSA) is 0 Å². The molecule has 0 fully saturated rings. The average molecular weight is 669 g/mol. The Morgan fingerprint density at radius 2 is 0.740 bits per heavy atom. The molecule has 11 rings (SSSR count). The van der Waals surface area contributed by atoms with Gasteiger partial charge in [0.05, 0.1) is 0 Å². The van der Waals surface area contributed by atoms with E-state index in [9.17, 15) is 0 Å². The summed E-state index contributed by atoms with van der Waals surface area (Å²) in [6.07, 6.45) is 0. The molecule has 232 valence electrons. The Labute approximate surface area is 297 Å². The Morgan fingerprint density at radius 1 is 0.280 bits per heavy atom. The molecule has 0 aliphatic heterocycles. The van der Waals surface area contributed by atoms with Crippen LogP contribution in [0.1, 0.15) is 0 Å². The molecule has 0 saturated carbocycles. The highest BCUT2D eigenvalue weighted by molar-refractivity contribution is 7.29. The van der Waals surface area contributed by atoms with E-state index in [0.717, 1.165) is 0 Å². The quantitative estimate of drug-likeness (QED) is 0.164. The molecule has 0 atom stereocenters. The maximum Gasteiger partial charge on any atom is 0.0448 e. The van der Waals surface area contributed by atoms with Gasteiger partial charge in [-0.25, -0.2) is 0 Å². The fourth-order valence-electron chi connectivity index (χ4n) is 8.18. The van der Waals surface area contributed by atoms with E-state index in [1.54, 1.807) is 0 Å². The first-order valence-corrected chi connectivity index (χ1v) is 18.7. The molecule has 0 aliphatic carbocycles. The molecule has 2 heterocycles. The van der Waals surface area contributed by atoms with Crippen molar-refractivity contribution in [2.75, 3.05) is 0 Å². The number of hydrogen-bond donors (Lipinski definition) is 0. The largest absolute Gasteiger partial charge is 0.134 e. The predicted octanol–water partition coefficient (Wildman–Crippen LogP) is 14.9. The van der Waals surface area contributed by atoms with E-state index in [1.807, 2.05) is 22.7 Å². The summed E-state index contributed by atoms with van der Waals surface area (Å²) in [7, 11) is 0. The smallest absolute Gasteiger partial charge is 0.0448 e. The van der Waals surface area contributed by atoms with Gasteiger partial charge in [-0.15, -0.1) is 22.7 Å². The second kappa shape index (κ2) is 10.9. The van der Waals surface area contributed by atoms with Crippen molar-refractivity contribution < 1.29 is 0 Å². The van der Waals surface area contributed by atoms with Crippen LogP contribution in [0.2, 0.25) is 0 Å². The molecule has 11 aromatic rings. The normalized spacial score (nSPS) is 12.0. The van der Waals surface area contributed by atoms with Crippen molar-refractivity contribution >= 4 is 95.3 Å². The lowest BCUT2D eigenvalue weighted by Crippen LogP contribution is -1.91. The third-order valence-corrected chi connectivity index (χ3v) is 12.9. The van der Waals surface area contributed by atoms with Gasteiger partial charge in [0.15, 0.2) is 0 Å². The van der Waals surface area contributed by atoms with Crippen LogP contribution in [0.4, 0.5) is 0 Å². The van der Waals surface area contributed by atoms with Gasteiger partial charge in [0.25, 0.3) is 0 Å². The summed E-state index contributed by atoms with van der Waals surface area (Å²) in [5.41, 5.74) is 7.56. The maximum absolute atomic E-state index is 2.45. The lowest BCUT2D eigenvalue weighted by atomic mass is 9.85.